The van der Waals surface area contributed by atoms with E-state index in [0.29, 0.717) is 6.10 Å². The lowest BCUT2D eigenvalue weighted by Crippen LogP contribution is -2.24. The summed E-state index contributed by atoms with van der Waals surface area (Å²) in [4.78, 5) is 0. The van der Waals surface area contributed by atoms with Crippen molar-refractivity contribution in [3.05, 3.63) is 0 Å². The molecule has 0 radical (unpaired) electrons. The second-order valence-corrected chi connectivity index (χ2v) is 6.90. The normalized spacial score (nSPS) is 21.4. The molecule has 1 aliphatic heterocycles. The van der Waals surface area contributed by atoms with E-state index < -0.39 is 14.5 Å². The van der Waals surface area contributed by atoms with Crippen molar-refractivity contribution in [2.24, 2.45) is 0 Å². The third-order valence-corrected chi connectivity index (χ3v) is 5.87. The van der Waals surface area contributed by atoms with Gasteiger partial charge in [0.05, 0.1) is 6.10 Å². The van der Waals surface area contributed by atoms with E-state index >= 15 is 0 Å². The zero-order valence-electron chi connectivity index (χ0n) is 9.63. The van der Waals surface area contributed by atoms with E-state index in [1.807, 2.05) is 0 Å². The van der Waals surface area contributed by atoms with Crippen molar-refractivity contribution in [2.45, 2.75) is 56.2 Å². The van der Waals surface area contributed by atoms with Crippen molar-refractivity contribution in [2.75, 3.05) is 13.2 Å². The minimum Gasteiger partial charge on any atom is -0.499 e. The molecule has 0 aliphatic carbocycles. The fourth-order valence-electron chi connectivity index (χ4n) is 1.97. The van der Waals surface area contributed by atoms with Crippen molar-refractivity contribution in [1.29, 1.82) is 0 Å². The van der Waals surface area contributed by atoms with E-state index in [-0.39, 0.29) is 0 Å². The average molecular weight is 214 g/mol. The smallest absolute Gasteiger partial charge is 0.460 e. The van der Waals surface area contributed by atoms with Crippen LogP contribution in [0.25, 0.3) is 0 Å². The maximum atomic E-state index is 6.02. The van der Waals surface area contributed by atoms with Crippen molar-refractivity contribution >= 4 is 14.5 Å². The summed E-state index contributed by atoms with van der Waals surface area (Å²) in [6.45, 7) is 6.33. The first-order valence-corrected chi connectivity index (χ1v) is 8.20. The SMILES string of the molecule is CC[CH2][Al]([CH2]CC)[O]CC1CCCO1. The maximum Gasteiger partial charge on any atom is 0.460 e. The summed E-state index contributed by atoms with van der Waals surface area (Å²) in [5.74, 6) is 0. The molecule has 0 bridgehead atoms. The molecule has 0 aromatic heterocycles. The minimum absolute atomic E-state index is 0.415. The molecule has 3 heteroatoms. The van der Waals surface area contributed by atoms with Crippen LogP contribution in [0.2, 0.25) is 10.6 Å². The van der Waals surface area contributed by atoms with Crippen LogP contribution in [0.3, 0.4) is 0 Å². The van der Waals surface area contributed by atoms with Crippen LogP contribution in [0.4, 0.5) is 0 Å². The first-order valence-electron chi connectivity index (χ1n) is 6.10. The van der Waals surface area contributed by atoms with Crippen LogP contribution in [-0.2, 0) is 8.53 Å². The molecule has 1 aliphatic rings. The molecular formula is C11H23AlO2. The third-order valence-electron chi connectivity index (χ3n) is 2.76. The van der Waals surface area contributed by atoms with Gasteiger partial charge in [-0.05, 0) is 12.8 Å². The van der Waals surface area contributed by atoms with Crippen LogP contribution in [-0.4, -0.2) is 33.8 Å². The predicted octanol–water partition coefficient (Wildman–Crippen LogP) is 2.99. The molecule has 1 heterocycles. The standard InChI is InChI=1S/C5H9O2.2C3H7.Al/c6-4-5-2-1-3-7-5;2*1-3-2;/h5H,1-4H2;2*1,3H2,2H3;/q-1;;;+1. The fraction of sp³-hybridized carbons (Fsp3) is 1.00. The molecular weight excluding hydrogens is 191 g/mol. The Labute approximate surface area is 92.7 Å². The molecule has 1 rings (SSSR count). The zero-order valence-corrected chi connectivity index (χ0v) is 10.8. The summed E-state index contributed by atoms with van der Waals surface area (Å²) in [6, 6.07) is 0. The Bertz CT molecular complexity index is 129. The van der Waals surface area contributed by atoms with E-state index in [0.717, 1.165) is 13.2 Å². The summed E-state index contributed by atoms with van der Waals surface area (Å²) < 4.78 is 11.6. The number of rotatable bonds is 7. The van der Waals surface area contributed by atoms with Gasteiger partial charge in [0.1, 0.15) is 0 Å². The van der Waals surface area contributed by atoms with Gasteiger partial charge in [-0.1, -0.05) is 37.3 Å². The lowest BCUT2D eigenvalue weighted by atomic mass is 10.2. The van der Waals surface area contributed by atoms with Gasteiger partial charge in [0.25, 0.3) is 0 Å². The van der Waals surface area contributed by atoms with E-state index in [1.165, 1.54) is 36.2 Å². The van der Waals surface area contributed by atoms with Crippen LogP contribution in [0.15, 0.2) is 0 Å². The molecule has 14 heavy (non-hydrogen) atoms. The van der Waals surface area contributed by atoms with Crippen LogP contribution < -0.4 is 0 Å². The predicted molar refractivity (Wildman–Crippen MR) is 60.9 cm³/mol. The highest BCUT2D eigenvalue weighted by atomic mass is 27.2. The average Bonchev–Trinajstić information content (AvgIpc) is 2.67. The van der Waals surface area contributed by atoms with Crippen LogP contribution >= 0.6 is 0 Å². The lowest BCUT2D eigenvalue weighted by molar-refractivity contribution is 0.0667. The van der Waals surface area contributed by atoms with Gasteiger partial charge in [0.15, 0.2) is 0 Å². The summed E-state index contributed by atoms with van der Waals surface area (Å²) in [5.41, 5.74) is 0. The van der Waals surface area contributed by atoms with E-state index in [4.69, 9.17) is 8.53 Å². The Hall–Kier alpha value is 0.452. The molecule has 0 spiro atoms. The highest BCUT2D eigenvalue weighted by Crippen LogP contribution is 2.14. The van der Waals surface area contributed by atoms with E-state index in [9.17, 15) is 0 Å². The second-order valence-electron chi connectivity index (χ2n) is 4.17. The molecule has 1 unspecified atom stereocenters. The Morgan fingerprint density at radius 1 is 1.29 bits per heavy atom. The molecule has 0 amide bonds. The fourth-order valence-corrected chi connectivity index (χ4v) is 4.37. The molecule has 2 nitrogen and oxygen atoms in total. The van der Waals surface area contributed by atoms with Crippen LogP contribution in [0.5, 0.6) is 0 Å². The molecule has 0 N–H and O–H groups in total. The quantitative estimate of drug-likeness (QED) is 0.606. The Kier molecular flexibility index (Phi) is 6.89. The van der Waals surface area contributed by atoms with Crippen LogP contribution in [0.1, 0.15) is 39.5 Å². The lowest BCUT2D eigenvalue weighted by Gasteiger charge is -2.15. The van der Waals surface area contributed by atoms with Gasteiger partial charge in [-0.15, -0.1) is 0 Å². The summed E-state index contributed by atoms with van der Waals surface area (Å²) >= 11 is -0.870. The third kappa shape index (κ3) is 4.80. The topological polar surface area (TPSA) is 18.5 Å². The van der Waals surface area contributed by atoms with Crippen molar-refractivity contribution in [3.8, 4) is 0 Å². The molecule has 0 saturated carbocycles. The van der Waals surface area contributed by atoms with Gasteiger partial charge in [-0.25, -0.2) is 0 Å². The maximum absolute atomic E-state index is 6.02. The van der Waals surface area contributed by atoms with Gasteiger partial charge in [0, 0.05) is 13.2 Å². The number of ether oxygens (including phenoxy) is 1. The first kappa shape index (κ1) is 12.5. The Morgan fingerprint density at radius 3 is 2.50 bits per heavy atom. The molecule has 1 fully saturated rings. The Balaban J connectivity index is 2.10. The summed E-state index contributed by atoms with van der Waals surface area (Å²) in [5, 5.41) is 2.67. The largest absolute Gasteiger partial charge is 0.499 e. The monoisotopic (exact) mass is 214 g/mol. The highest BCUT2D eigenvalue weighted by Gasteiger charge is 2.22. The second kappa shape index (κ2) is 7.71. The van der Waals surface area contributed by atoms with Gasteiger partial charge in [-0.3, -0.25) is 0 Å². The zero-order chi connectivity index (χ0) is 10.2. The van der Waals surface area contributed by atoms with Gasteiger partial charge < -0.3 is 8.53 Å². The number of hydrogen-bond acceptors (Lipinski definition) is 2. The summed E-state index contributed by atoms with van der Waals surface area (Å²) in [7, 11) is 0. The molecule has 1 saturated heterocycles. The summed E-state index contributed by atoms with van der Waals surface area (Å²) in [6.07, 6.45) is 5.41. The van der Waals surface area contributed by atoms with Gasteiger partial charge in [-0.2, -0.15) is 0 Å². The number of hydrogen-bond donors (Lipinski definition) is 0. The highest BCUT2D eigenvalue weighted by molar-refractivity contribution is 6.51. The van der Waals surface area contributed by atoms with E-state index in [2.05, 4.69) is 13.8 Å². The minimum atomic E-state index is -0.870. The molecule has 82 valence electrons. The first-order chi connectivity index (χ1) is 6.86. The van der Waals surface area contributed by atoms with Gasteiger partial charge >= 0.3 is 14.5 Å². The van der Waals surface area contributed by atoms with E-state index in [1.54, 1.807) is 0 Å². The van der Waals surface area contributed by atoms with Crippen molar-refractivity contribution in [3.63, 3.8) is 0 Å². The van der Waals surface area contributed by atoms with Gasteiger partial charge in [0.2, 0.25) is 0 Å². The van der Waals surface area contributed by atoms with Crippen LogP contribution in [0, 0.1) is 0 Å². The van der Waals surface area contributed by atoms with Crippen molar-refractivity contribution < 1.29 is 8.53 Å². The Morgan fingerprint density at radius 2 is 2.00 bits per heavy atom. The molecule has 0 aromatic carbocycles. The molecule has 1 atom stereocenters. The molecule has 0 aromatic rings. The van der Waals surface area contributed by atoms with Crippen molar-refractivity contribution in [1.82, 2.24) is 0 Å².